The average Bonchev–Trinajstić information content (AvgIpc) is 2.33. The number of rotatable bonds is 12. The Hall–Kier alpha value is 0.870. The molecule has 0 bridgehead atoms. The van der Waals surface area contributed by atoms with Crippen molar-refractivity contribution in [3.8, 4) is 0 Å². The van der Waals surface area contributed by atoms with E-state index in [1.165, 1.54) is 0 Å². The Bertz CT molecular complexity index is 306. The summed E-state index contributed by atoms with van der Waals surface area (Å²) in [7, 11) is -4.29. The second-order valence-electron chi connectivity index (χ2n) is 5.35. The number of unbranched alkanes of at least 4 members (excludes halogenated alkanes) is 5. The molecule has 0 spiro atoms. The topological polar surface area (TPSA) is 77.4 Å². The molecule has 2 unspecified atom stereocenters. The fraction of sp³-hybridized carbons (Fsp3) is 1.00. The first-order chi connectivity index (χ1) is 8.91. The molecule has 116 valence electrons. The molecule has 0 aromatic carbocycles. The van der Waals surface area contributed by atoms with Crippen molar-refractivity contribution in [2.24, 2.45) is 0 Å². The molecule has 0 heterocycles. The average molecular weight is 316 g/mol. The number of hydrogen-bond donors (Lipinski definition) is 1. The smallest absolute Gasteiger partial charge is 0.748 e. The van der Waals surface area contributed by atoms with E-state index in [1.54, 1.807) is 0 Å². The van der Waals surface area contributed by atoms with Gasteiger partial charge in [0.15, 0.2) is 0 Å². The molecular weight excluding hydrogens is 287 g/mol. The van der Waals surface area contributed by atoms with E-state index in [2.05, 4.69) is 6.92 Å². The predicted molar refractivity (Wildman–Crippen MR) is 77.0 cm³/mol. The first-order valence-corrected chi connectivity index (χ1v) is 9.01. The number of hydrogen-bond acceptors (Lipinski definition) is 4. The maximum atomic E-state index is 11.2. The van der Waals surface area contributed by atoms with Crippen LogP contribution >= 0.6 is 0 Å². The van der Waals surface area contributed by atoms with Gasteiger partial charge in [0, 0.05) is 0 Å². The normalized spacial score (nSPS) is 14.6. The summed E-state index contributed by atoms with van der Waals surface area (Å²) in [6.07, 6.45) is 7.32. The summed E-state index contributed by atoms with van der Waals surface area (Å²) in [5.41, 5.74) is 0. The van der Waals surface area contributed by atoms with E-state index in [1.807, 2.05) is 6.92 Å². The van der Waals surface area contributed by atoms with Crippen molar-refractivity contribution in [2.45, 2.75) is 89.4 Å². The minimum atomic E-state index is -4.29. The van der Waals surface area contributed by atoms with Crippen molar-refractivity contribution in [1.29, 1.82) is 0 Å². The molecular formula is C14H29NaO4S. The Kier molecular flexibility index (Phi) is 15.7. The minimum Gasteiger partial charge on any atom is -0.748 e. The van der Waals surface area contributed by atoms with E-state index in [0.29, 0.717) is 12.8 Å². The maximum absolute atomic E-state index is 11.2. The monoisotopic (exact) mass is 316 g/mol. The summed E-state index contributed by atoms with van der Waals surface area (Å²) >= 11 is 0. The zero-order valence-corrected chi connectivity index (χ0v) is 16.1. The summed E-state index contributed by atoms with van der Waals surface area (Å²) < 4.78 is 33.6. The molecule has 4 nitrogen and oxygen atoms in total. The molecule has 0 aliphatic rings. The maximum Gasteiger partial charge on any atom is 1.00 e. The van der Waals surface area contributed by atoms with Gasteiger partial charge in [-0.25, -0.2) is 8.42 Å². The van der Waals surface area contributed by atoms with Gasteiger partial charge in [0.2, 0.25) is 0 Å². The van der Waals surface area contributed by atoms with Crippen molar-refractivity contribution in [3.63, 3.8) is 0 Å². The van der Waals surface area contributed by atoms with Crippen LogP contribution in [0.15, 0.2) is 0 Å². The Morgan fingerprint density at radius 2 is 1.50 bits per heavy atom. The van der Waals surface area contributed by atoms with Crippen molar-refractivity contribution in [1.82, 2.24) is 0 Å². The van der Waals surface area contributed by atoms with E-state index in [9.17, 15) is 18.1 Å². The van der Waals surface area contributed by atoms with Crippen LogP contribution in [0.3, 0.4) is 0 Å². The SMILES string of the molecule is CCCCCCCC(CC(O)CCCC)S(=O)(=O)[O-].[Na+]. The fourth-order valence-corrected chi connectivity index (χ4v) is 3.13. The Morgan fingerprint density at radius 1 is 0.950 bits per heavy atom. The second kappa shape index (κ2) is 13.5. The van der Waals surface area contributed by atoms with Crippen LogP contribution in [0.25, 0.3) is 0 Å². The van der Waals surface area contributed by atoms with E-state index in [0.717, 1.165) is 44.9 Å². The summed E-state index contributed by atoms with van der Waals surface area (Å²) in [5, 5.41) is 8.84. The van der Waals surface area contributed by atoms with Crippen molar-refractivity contribution in [3.05, 3.63) is 0 Å². The Balaban J connectivity index is 0. The van der Waals surface area contributed by atoms with Crippen molar-refractivity contribution in [2.75, 3.05) is 0 Å². The summed E-state index contributed by atoms with van der Waals surface area (Å²) in [6, 6.07) is 0. The van der Waals surface area contributed by atoms with Crippen LogP contribution in [0.2, 0.25) is 0 Å². The van der Waals surface area contributed by atoms with Gasteiger partial charge in [-0.15, -0.1) is 0 Å². The van der Waals surface area contributed by atoms with Crippen LogP contribution in [-0.2, 0) is 10.1 Å². The molecule has 2 atom stereocenters. The van der Waals surface area contributed by atoms with Gasteiger partial charge in [-0.3, -0.25) is 0 Å². The van der Waals surface area contributed by atoms with E-state index < -0.39 is 21.5 Å². The summed E-state index contributed by atoms with van der Waals surface area (Å²) in [4.78, 5) is 0. The van der Waals surface area contributed by atoms with Gasteiger partial charge in [0.25, 0.3) is 0 Å². The van der Waals surface area contributed by atoms with Crippen molar-refractivity contribution >= 4 is 10.1 Å². The zero-order valence-electron chi connectivity index (χ0n) is 13.3. The van der Waals surface area contributed by atoms with Gasteiger partial charge >= 0.3 is 29.6 Å². The van der Waals surface area contributed by atoms with Gasteiger partial charge in [0.05, 0.1) is 21.5 Å². The molecule has 0 amide bonds. The quantitative estimate of drug-likeness (QED) is 0.317. The third-order valence-electron chi connectivity index (χ3n) is 3.46. The molecule has 6 heteroatoms. The minimum absolute atomic E-state index is 0. The van der Waals surface area contributed by atoms with Gasteiger partial charge in [0.1, 0.15) is 0 Å². The first kappa shape index (κ1) is 23.1. The predicted octanol–water partition coefficient (Wildman–Crippen LogP) is 0.206. The first-order valence-electron chi connectivity index (χ1n) is 7.54. The second-order valence-corrected chi connectivity index (χ2v) is 7.00. The number of aliphatic hydroxyl groups excluding tert-OH is 1. The Morgan fingerprint density at radius 3 is 2.00 bits per heavy atom. The van der Waals surface area contributed by atoms with E-state index in [4.69, 9.17) is 0 Å². The molecule has 0 rings (SSSR count). The van der Waals surface area contributed by atoms with Crippen LogP contribution in [-0.4, -0.2) is 29.4 Å². The summed E-state index contributed by atoms with van der Waals surface area (Å²) in [6.45, 7) is 4.14. The molecule has 0 aromatic heterocycles. The van der Waals surface area contributed by atoms with E-state index in [-0.39, 0.29) is 36.0 Å². The largest absolute Gasteiger partial charge is 1.00 e. The molecule has 0 radical (unpaired) electrons. The molecule has 0 aliphatic carbocycles. The van der Waals surface area contributed by atoms with Crippen molar-refractivity contribution < 1.29 is 47.6 Å². The Labute approximate surface area is 146 Å². The molecule has 0 saturated heterocycles. The van der Waals surface area contributed by atoms with Gasteiger partial charge < -0.3 is 9.66 Å². The molecule has 0 aliphatic heterocycles. The van der Waals surface area contributed by atoms with Crippen LogP contribution in [0.5, 0.6) is 0 Å². The van der Waals surface area contributed by atoms with Crippen LogP contribution in [0.1, 0.15) is 78.1 Å². The van der Waals surface area contributed by atoms with Gasteiger partial charge in [-0.1, -0.05) is 58.8 Å². The fourth-order valence-electron chi connectivity index (χ4n) is 2.22. The van der Waals surface area contributed by atoms with Gasteiger partial charge in [-0.05, 0) is 19.3 Å². The molecule has 0 aromatic rings. The molecule has 0 fully saturated rings. The molecule has 1 N–H and O–H groups in total. The zero-order chi connectivity index (χ0) is 14.7. The van der Waals surface area contributed by atoms with Crippen LogP contribution in [0, 0.1) is 0 Å². The molecule has 0 saturated carbocycles. The standard InChI is InChI=1S/C14H30O4S.Na/c1-3-5-7-8-9-11-14(19(16,17)18)12-13(15)10-6-4-2;/h13-15H,3-12H2,1-2H3,(H,16,17,18);/q;+1/p-1. The third-order valence-corrected chi connectivity index (χ3v) is 4.71. The van der Waals surface area contributed by atoms with E-state index >= 15 is 0 Å². The number of aliphatic hydroxyl groups is 1. The van der Waals surface area contributed by atoms with Gasteiger partial charge in [-0.2, -0.15) is 0 Å². The third kappa shape index (κ3) is 12.6. The van der Waals surface area contributed by atoms with Crippen LogP contribution in [0.4, 0.5) is 0 Å². The summed E-state index contributed by atoms with van der Waals surface area (Å²) in [5.74, 6) is 0. The molecule has 20 heavy (non-hydrogen) atoms. The van der Waals surface area contributed by atoms with Crippen LogP contribution < -0.4 is 29.6 Å².